The molecule has 3 aromatic rings. The molecule has 2 heterocycles. The Morgan fingerprint density at radius 1 is 1.24 bits per heavy atom. The normalized spacial score (nSPS) is 19.3. The molecular formula is C18H17FN4OS. The first-order chi connectivity index (χ1) is 12.2. The molecule has 0 saturated heterocycles. The van der Waals surface area contributed by atoms with Gasteiger partial charge in [-0.15, -0.1) is 5.10 Å². The van der Waals surface area contributed by atoms with Crippen molar-refractivity contribution in [1.29, 1.82) is 0 Å². The lowest BCUT2D eigenvalue weighted by atomic mass is 9.93. The number of halogens is 1. The molecule has 0 bridgehead atoms. The first kappa shape index (κ1) is 16.0. The third-order valence-corrected chi connectivity index (χ3v) is 4.94. The molecule has 2 aromatic carbocycles. The van der Waals surface area contributed by atoms with Crippen molar-refractivity contribution in [2.75, 3.05) is 11.6 Å². The van der Waals surface area contributed by atoms with Gasteiger partial charge in [0.05, 0.1) is 12.1 Å². The predicted molar refractivity (Wildman–Crippen MR) is 95.4 cm³/mol. The van der Waals surface area contributed by atoms with Gasteiger partial charge < -0.3 is 10.4 Å². The number of thioether (sulfide) groups is 1. The number of rotatable bonds is 3. The minimum atomic E-state index is -0.372. The van der Waals surface area contributed by atoms with Crippen LogP contribution in [0.1, 0.15) is 29.6 Å². The van der Waals surface area contributed by atoms with Crippen molar-refractivity contribution in [3.63, 3.8) is 0 Å². The SMILES string of the molecule is CSc1nc2n(n1)[C@H](c1ccccc1)C[C@@H](c1cc(F)ccc1O)N2. The van der Waals surface area contributed by atoms with Crippen molar-refractivity contribution in [3.8, 4) is 5.75 Å². The zero-order valence-corrected chi connectivity index (χ0v) is 14.4. The Morgan fingerprint density at radius 2 is 2.04 bits per heavy atom. The molecule has 7 heteroatoms. The second-order valence-electron chi connectivity index (χ2n) is 5.93. The van der Waals surface area contributed by atoms with E-state index >= 15 is 0 Å². The van der Waals surface area contributed by atoms with E-state index in [2.05, 4.69) is 15.4 Å². The maximum absolute atomic E-state index is 13.7. The number of aromatic nitrogens is 3. The maximum atomic E-state index is 13.7. The summed E-state index contributed by atoms with van der Waals surface area (Å²) in [6, 6.07) is 13.7. The zero-order valence-electron chi connectivity index (χ0n) is 13.6. The van der Waals surface area contributed by atoms with Crippen LogP contribution in [0.3, 0.4) is 0 Å². The molecule has 1 aliphatic heterocycles. The number of anilines is 1. The summed E-state index contributed by atoms with van der Waals surface area (Å²) < 4.78 is 15.6. The van der Waals surface area contributed by atoms with Crippen molar-refractivity contribution < 1.29 is 9.50 Å². The van der Waals surface area contributed by atoms with E-state index in [1.807, 2.05) is 41.3 Å². The molecule has 0 fully saturated rings. The van der Waals surface area contributed by atoms with Gasteiger partial charge in [0.1, 0.15) is 11.6 Å². The summed E-state index contributed by atoms with van der Waals surface area (Å²) in [5, 5.41) is 18.7. The molecular weight excluding hydrogens is 339 g/mol. The van der Waals surface area contributed by atoms with Crippen LogP contribution in [-0.2, 0) is 0 Å². The largest absolute Gasteiger partial charge is 0.508 e. The van der Waals surface area contributed by atoms with Crippen molar-refractivity contribution in [2.45, 2.75) is 23.7 Å². The fourth-order valence-electron chi connectivity index (χ4n) is 3.21. The van der Waals surface area contributed by atoms with E-state index in [-0.39, 0.29) is 23.7 Å². The number of hydrogen-bond acceptors (Lipinski definition) is 5. The molecule has 2 atom stereocenters. The van der Waals surface area contributed by atoms with E-state index in [0.29, 0.717) is 23.1 Å². The Labute approximate surface area is 148 Å². The fraction of sp³-hybridized carbons (Fsp3) is 0.222. The number of aromatic hydroxyl groups is 1. The highest BCUT2D eigenvalue weighted by molar-refractivity contribution is 7.98. The highest BCUT2D eigenvalue weighted by Crippen LogP contribution is 2.40. The summed E-state index contributed by atoms with van der Waals surface area (Å²) >= 11 is 1.47. The number of fused-ring (bicyclic) bond motifs is 1. The first-order valence-corrected chi connectivity index (χ1v) is 9.18. The Balaban J connectivity index is 1.79. The summed E-state index contributed by atoms with van der Waals surface area (Å²) in [5.41, 5.74) is 1.63. The highest BCUT2D eigenvalue weighted by atomic mass is 32.2. The monoisotopic (exact) mass is 356 g/mol. The summed E-state index contributed by atoms with van der Waals surface area (Å²) in [4.78, 5) is 4.50. The molecule has 4 rings (SSSR count). The van der Waals surface area contributed by atoms with Gasteiger partial charge in [0, 0.05) is 5.56 Å². The minimum absolute atomic E-state index is 0.0430. The van der Waals surface area contributed by atoms with Crippen LogP contribution >= 0.6 is 11.8 Å². The lowest BCUT2D eigenvalue weighted by Gasteiger charge is -2.32. The molecule has 0 spiro atoms. The van der Waals surface area contributed by atoms with E-state index in [0.717, 1.165) is 5.56 Å². The van der Waals surface area contributed by atoms with Crippen molar-refractivity contribution >= 4 is 17.7 Å². The Bertz CT molecular complexity index is 899. The Kier molecular flexibility index (Phi) is 4.09. The molecule has 0 saturated carbocycles. The van der Waals surface area contributed by atoms with Gasteiger partial charge >= 0.3 is 0 Å². The number of nitrogens with zero attached hydrogens (tertiary/aromatic N) is 3. The topological polar surface area (TPSA) is 63.0 Å². The van der Waals surface area contributed by atoms with Gasteiger partial charge in [-0.2, -0.15) is 4.98 Å². The van der Waals surface area contributed by atoms with Crippen LogP contribution in [0.4, 0.5) is 10.3 Å². The molecule has 1 aliphatic rings. The lowest BCUT2D eigenvalue weighted by molar-refractivity contribution is 0.409. The van der Waals surface area contributed by atoms with Gasteiger partial charge in [-0.3, -0.25) is 0 Å². The number of benzene rings is 2. The zero-order chi connectivity index (χ0) is 17.4. The predicted octanol–water partition coefficient (Wildman–Crippen LogP) is 3.99. The van der Waals surface area contributed by atoms with Gasteiger partial charge in [0.15, 0.2) is 0 Å². The van der Waals surface area contributed by atoms with Crippen LogP contribution in [0.2, 0.25) is 0 Å². The van der Waals surface area contributed by atoms with Crippen molar-refractivity contribution in [3.05, 3.63) is 65.5 Å². The molecule has 0 radical (unpaired) electrons. The number of phenols is 1. The average Bonchev–Trinajstić information content (AvgIpc) is 3.07. The van der Waals surface area contributed by atoms with E-state index in [9.17, 15) is 9.50 Å². The molecule has 128 valence electrons. The van der Waals surface area contributed by atoms with Crippen LogP contribution in [-0.4, -0.2) is 26.1 Å². The van der Waals surface area contributed by atoms with Crippen molar-refractivity contribution in [2.24, 2.45) is 0 Å². The van der Waals surface area contributed by atoms with Crippen LogP contribution in [0.5, 0.6) is 5.75 Å². The molecule has 25 heavy (non-hydrogen) atoms. The van der Waals surface area contributed by atoms with Gasteiger partial charge in [-0.05, 0) is 36.4 Å². The van der Waals surface area contributed by atoms with Crippen LogP contribution < -0.4 is 5.32 Å². The smallest absolute Gasteiger partial charge is 0.223 e. The molecule has 0 unspecified atom stereocenters. The third kappa shape index (κ3) is 2.95. The number of phenolic OH excluding ortho intramolecular Hbond substituents is 1. The number of nitrogens with one attached hydrogen (secondary N) is 1. The second kappa shape index (κ2) is 6.40. The third-order valence-electron chi connectivity index (χ3n) is 4.40. The average molecular weight is 356 g/mol. The van der Waals surface area contributed by atoms with Gasteiger partial charge in [0.25, 0.3) is 0 Å². The molecule has 1 aromatic heterocycles. The van der Waals surface area contributed by atoms with Crippen molar-refractivity contribution in [1.82, 2.24) is 14.8 Å². The van der Waals surface area contributed by atoms with E-state index in [4.69, 9.17) is 0 Å². The van der Waals surface area contributed by atoms with Crippen LogP contribution in [0, 0.1) is 5.82 Å². The standard InChI is InChI=1S/C18H17FN4OS/c1-25-18-21-17-20-14(13-9-12(19)7-8-16(13)24)10-15(23(17)22-18)11-5-3-2-4-6-11/h2-9,14-15,24H,10H2,1H3,(H,20,21,22)/t14-,15-/m0/s1. The van der Waals surface area contributed by atoms with E-state index < -0.39 is 0 Å². The fourth-order valence-corrected chi connectivity index (χ4v) is 3.55. The van der Waals surface area contributed by atoms with Crippen LogP contribution in [0.25, 0.3) is 0 Å². The lowest BCUT2D eigenvalue weighted by Crippen LogP contribution is -2.28. The van der Waals surface area contributed by atoms with E-state index in [1.54, 1.807) is 0 Å². The van der Waals surface area contributed by atoms with Gasteiger partial charge in [0.2, 0.25) is 11.1 Å². The highest BCUT2D eigenvalue weighted by Gasteiger charge is 2.32. The second-order valence-corrected chi connectivity index (χ2v) is 6.70. The quantitative estimate of drug-likeness (QED) is 0.695. The minimum Gasteiger partial charge on any atom is -0.508 e. The number of hydrogen-bond donors (Lipinski definition) is 2. The summed E-state index contributed by atoms with van der Waals surface area (Å²) in [6.07, 6.45) is 2.56. The first-order valence-electron chi connectivity index (χ1n) is 7.96. The molecule has 0 amide bonds. The van der Waals surface area contributed by atoms with Gasteiger partial charge in [-0.1, -0.05) is 42.1 Å². The van der Waals surface area contributed by atoms with Gasteiger partial charge in [-0.25, -0.2) is 9.07 Å². The van der Waals surface area contributed by atoms with E-state index in [1.165, 1.54) is 30.0 Å². The summed E-state index contributed by atoms with van der Waals surface area (Å²) in [5.74, 6) is 0.324. The molecule has 0 aliphatic carbocycles. The summed E-state index contributed by atoms with van der Waals surface area (Å²) in [6.45, 7) is 0. The van der Waals surface area contributed by atoms with Crippen LogP contribution in [0.15, 0.2) is 53.7 Å². The Hall–Kier alpha value is -2.54. The Morgan fingerprint density at radius 3 is 2.80 bits per heavy atom. The molecule has 2 N–H and O–H groups in total. The summed E-state index contributed by atoms with van der Waals surface area (Å²) in [7, 11) is 0. The molecule has 5 nitrogen and oxygen atoms in total. The maximum Gasteiger partial charge on any atom is 0.223 e.